The van der Waals surface area contributed by atoms with Gasteiger partial charge in [0.1, 0.15) is 5.69 Å². The van der Waals surface area contributed by atoms with Crippen LogP contribution < -0.4 is 10.6 Å². The fourth-order valence-electron chi connectivity index (χ4n) is 3.26. The van der Waals surface area contributed by atoms with Crippen molar-refractivity contribution in [3.05, 3.63) is 112 Å². The minimum Gasteiger partial charge on any atom is -0.322 e. The number of fused-ring (bicyclic) bond motifs is 1. The van der Waals surface area contributed by atoms with Crippen molar-refractivity contribution in [2.45, 2.75) is 0 Å². The zero-order valence-electron chi connectivity index (χ0n) is 16.2. The van der Waals surface area contributed by atoms with Crippen LogP contribution in [0.1, 0.15) is 20.7 Å². The van der Waals surface area contributed by atoms with Crippen molar-refractivity contribution in [1.29, 1.82) is 0 Å². The van der Waals surface area contributed by atoms with Crippen molar-refractivity contribution in [1.82, 2.24) is 0 Å². The zero-order valence-corrected chi connectivity index (χ0v) is 16.2. The van der Waals surface area contributed by atoms with Gasteiger partial charge in [-0.1, -0.05) is 48.5 Å². The monoisotopic (exact) mass is 411 g/mol. The van der Waals surface area contributed by atoms with Gasteiger partial charge in [0.2, 0.25) is 0 Å². The van der Waals surface area contributed by atoms with Gasteiger partial charge in [0.15, 0.2) is 0 Å². The lowest BCUT2D eigenvalue weighted by molar-refractivity contribution is -0.383. The molecule has 0 aromatic heterocycles. The molecule has 7 heteroatoms. The van der Waals surface area contributed by atoms with Gasteiger partial charge in [0.05, 0.1) is 4.92 Å². The van der Waals surface area contributed by atoms with Crippen molar-refractivity contribution < 1.29 is 14.5 Å². The first-order valence-corrected chi connectivity index (χ1v) is 9.47. The van der Waals surface area contributed by atoms with Crippen molar-refractivity contribution in [3.63, 3.8) is 0 Å². The van der Waals surface area contributed by atoms with Gasteiger partial charge in [-0.3, -0.25) is 19.7 Å². The Morgan fingerprint density at radius 1 is 0.710 bits per heavy atom. The van der Waals surface area contributed by atoms with E-state index in [2.05, 4.69) is 10.6 Å². The molecule has 0 radical (unpaired) electrons. The molecule has 0 fully saturated rings. The van der Waals surface area contributed by atoms with Crippen LogP contribution in [0.4, 0.5) is 17.1 Å². The van der Waals surface area contributed by atoms with E-state index in [9.17, 15) is 19.7 Å². The van der Waals surface area contributed by atoms with Crippen LogP contribution in [-0.4, -0.2) is 16.7 Å². The number of nitrogens with zero attached hydrogens (tertiary/aromatic N) is 1. The molecule has 7 nitrogen and oxygen atoms in total. The maximum atomic E-state index is 12.7. The molecule has 0 bridgehead atoms. The molecule has 0 saturated carbocycles. The third kappa shape index (κ3) is 4.25. The number of rotatable bonds is 5. The predicted molar refractivity (Wildman–Crippen MR) is 119 cm³/mol. The largest absolute Gasteiger partial charge is 0.322 e. The summed E-state index contributed by atoms with van der Waals surface area (Å²) in [5.41, 5.74) is 1.32. The van der Waals surface area contributed by atoms with Crippen LogP contribution in [0.3, 0.4) is 0 Å². The Balaban J connectivity index is 1.49. The Labute approximate surface area is 177 Å². The summed E-state index contributed by atoms with van der Waals surface area (Å²) in [4.78, 5) is 35.8. The number of nitro groups is 1. The lowest BCUT2D eigenvalue weighted by atomic mass is 10.0. The van der Waals surface area contributed by atoms with Crippen LogP contribution in [0.5, 0.6) is 0 Å². The maximum Gasteiger partial charge on any atom is 0.292 e. The number of benzene rings is 4. The highest BCUT2D eigenvalue weighted by atomic mass is 16.6. The molecular weight excluding hydrogens is 394 g/mol. The van der Waals surface area contributed by atoms with E-state index in [-0.39, 0.29) is 17.3 Å². The van der Waals surface area contributed by atoms with E-state index in [4.69, 9.17) is 0 Å². The Kier molecular flexibility index (Phi) is 5.40. The Hall–Kier alpha value is -4.52. The quantitative estimate of drug-likeness (QED) is 0.346. The standard InChI is InChI=1S/C24H17N3O4/c28-23(26-21-10-3-4-11-22(21)27(30)31)17-12-14-18(15-13-17)25-24(29)20-9-5-7-16-6-1-2-8-19(16)20/h1-15H,(H,25,29)(H,26,28). The van der Waals surface area contributed by atoms with Gasteiger partial charge in [-0.05, 0) is 47.2 Å². The normalized spacial score (nSPS) is 10.5. The van der Waals surface area contributed by atoms with Crippen molar-refractivity contribution in [2.24, 2.45) is 0 Å². The molecule has 31 heavy (non-hydrogen) atoms. The summed E-state index contributed by atoms with van der Waals surface area (Å²) in [6, 6.07) is 25.4. The van der Waals surface area contributed by atoms with Crippen LogP contribution in [0.2, 0.25) is 0 Å². The van der Waals surface area contributed by atoms with Crippen LogP contribution in [-0.2, 0) is 0 Å². The second kappa shape index (κ2) is 8.46. The van der Waals surface area contributed by atoms with Crippen LogP contribution in [0.25, 0.3) is 10.8 Å². The molecule has 0 atom stereocenters. The molecular formula is C24H17N3O4. The number of hydrogen-bond acceptors (Lipinski definition) is 4. The van der Waals surface area contributed by atoms with Crippen molar-refractivity contribution in [3.8, 4) is 0 Å². The average molecular weight is 411 g/mol. The Morgan fingerprint density at radius 3 is 2.16 bits per heavy atom. The van der Waals surface area contributed by atoms with Crippen LogP contribution in [0, 0.1) is 10.1 Å². The van der Waals surface area contributed by atoms with Gasteiger partial charge in [-0.25, -0.2) is 0 Å². The fourth-order valence-corrected chi connectivity index (χ4v) is 3.26. The number of hydrogen-bond donors (Lipinski definition) is 2. The third-order valence-electron chi connectivity index (χ3n) is 4.79. The molecule has 2 N–H and O–H groups in total. The highest BCUT2D eigenvalue weighted by Gasteiger charge is 2.16. The SMILES string of the molecule is O=C(Nc1ccccc1[N+](=O)[O-])c1ccc(NC(=O)c2cccc3ccccc23)cc1. The molecule has 0 aliphatic carbocycles. The van der Waals surface area contributed by atoms with E-state index >= 15 is 0 Å². The number of anilines is 2. The third-order valence-corrected chi connectivity index (χ3v) is 4.79. The summed E-state index contributed by atoms with van der Waals surface area (Å²) < 4.78 is 0. The first-order valence-electron chi connectivity index (χ1n) is 9.47. The molecule has 2 amide bonds. The molecule has 4 aromatic rings. The van der Waals surface area contributed by atoms with Crippen LogP contribution in [0.15, 0.2) is 91.0 Å². The molecule has 0 spiro atoms. The molecule has 0 aliphatic rings. The molecule has 0 aliphatic heterocycles. The second-order valence-corrected chi connectivity index (χ2v) is 6.79. The maximum absolute atomic E-state index is 12.7. The first-order chi connectivity index (χ1) is 15.0. The average Bonchev–Trinajstić information content (AvgIpc) is 2.79. The molecule has 152 valence electrons. The lowest BCUT2D eigenvalue weighted by Crippen LogP contribution is -2.14. The number of carbonyl (C=O) groups is 2. The van der Waals surface area contributed by atoms with E-state index in [1.165, 1.54) is 18.2 Å². The summed E-state index contributed by atoms with van der Waals surface area (Å²) >= 11 is 0. The number of nitro benzene ring substituents is 1. The second-order valence-electron chi connectivity index (χ2n) is 6.79. The minimum absolute atomic E-state index is 0.117. The van der Waals surface area contributed by atoms with Gasteiger partial charge in [0.25, 0.3) is 17.5 Å². The van der Waals surface area contributed by atoms with Crippen LogP contribution >= 0.6 is 0 Å². The van der Waals surface area contributed by atoms with Gasteiger partial charge in [-0.15, -0.1) is 0 Å². The summed E-state index contributed by atoms with van der Waals surface area (Å²) in [6.45, 7) is 0. The smallest absolute Gasteiger partial charge is 0.292 e. The fraction of sp³-hybridized carbons (Fsp3) is 0. The summed E-state index contributed by atoms with van der Waals surface area (Å²) in [6.07, 6.45) is 0. The highest BCUT2D eigenvalue weighted by molar-refractivity contribution is 6.13. The van der Waals surface area contributed by atoms with Crippen molar-refractivity contribution in [2.75, 3.05) is 10.6 Å². The molecule has 0 saturated heterocycles. The zero-order chi connectivity index (χ0) is 21.8. The van der Waals surface area contributed by atoms with E-state index in [0.29, 0.717) is 16.8 Å². The summed E-state index contributed by atoms with van der Waals surface area (Å²) in [5.74, 6) is -0.741. The topological polar surface area (TPSA) is 101 Å². The van der Waals surface area contributed by atoms with E-state index < -0.39 is 10.8 Å². The van der Waals surface area contributed by atoms with Gasteiger partial charge in [0, 0.05) is 22.9 Å². The minimum atomic E-state index is -0.554. The molecule has 4 rings (SSSR count). The van der Waals surface area contributed by atoms with E-state index in [0.717, 1.165) is 10.8 Å². The van der Waals surface area contributed by atoms with Crippen molar-refractivity contribution >= 4 is 39.6 Å². The van der Waals surface area contributed by atoms with Gasteiger partial charge >= 0.3 is 0 Å². The Morgan fingerprint density at radius 2 is 1.39 bits per heavy atom. The summed E-state index contributed by atoms with van der Waals surface area (Å²) in [5, 5.41) is 18.3. The predicted octanol–water partition coefficient (Wildman–Crippen LogP) is 5.25. The van der Waals surface area contributed by atoms with Gasteiger partial charge in [-0.2, -0.15) is 0 Å². The number of para-hydroxylation sites is 2. The summed E-state index contributed by atoms with van der Waals surface area (Å²) in [7, 11) is 0. The van der Waals surface area contributed by atoms with Gasteiger partial charge < -0.3 is 10.6 Å². The molecule has 0 heterocycles. The Bertz CT molecular complexity index is 1290. The number of carbonyl (C=O) groups excluding carboxylic acids is 2. The van der Waals surface area contributed by atoms with E-state index in [1.54, 1.807) is 36.4 Å². The van der Waals surface area contributed by atoms with E-state index in [1.807, 2.05) is 36.4 Å². The lowest BCUT2D eigenvalue weighted by Gasteiger charge is -2.09. The number of nitrogens with one attached hydrogen (secondary N) is 2. The number of amides is 2. The highest BCUT2D eigenvalue weighted by Crippen LogP contribution is 2.24. The molecule has 0 unspecified atom stereocenters. The first kappa shape index (κ1) is 19.8. The molecule has 4 aromatic carbocycles.